The van der Waals surface area contributed by atoms with Gasteiger partial charge in [-0.3, -0.25) is 4.79 Å². The van der Waals surface area contributed by atoms with Crippen molar-refractivity contribution in [2.45, 2.75) is 4.90 Å². The number of benzene rings is 2. The van der Waals surface area contributed by atoms with Gasteiger partial charge in [0.1, 0.15) is 16.5 Å². The minimum Gasteiger partial charge on any atom is -0.379 e. The van der Waals surface area contributed by atoms with Gasteiger partial charge in [0, 0.05) is 30.4 Å². The molecule has 0 aromatic heterocycles. The van der Waals surface area contributed by atoms with Crippen molar-refractivity contribution in [1.82, 2.24) is 4.31 Å². The molecular weight excluding hydrogens is 390 g/mol. The highest BCUT2D eigenvalue weighted by Gasteiger charge is 2.29. The molecule has 0 unspecified atom stereocenters. The molecule has 148 valence electrons. The summed E-state index contributed by atoms with van der Waals surface area (Å²) < 4.78 is 59.3. The lowest BCUT2D eigenvalue weighted by atomic mass is 10.2. The number of nitrogens with one attached hydrogen (secondary N) is 1. The zero-order valence-electron chi connectivity index (χ0n) is 14.8. The maximum atomic E-state index is 14.2. The Labute approximate surface area is 161 Å². The van der Waals surface area contributed by atoms with Crippen molar-refractivity contribution in [1.29, 1.82) is 0 Å². The minimum absolute atomic E-state index is 0.108. The Morgan fingerprint density at radius 3 is 2.50 bits per heavy atom. The smallest absolute Gasteiger partial charge is 0.248 e. The Kier molecular flexibility index (Phi) is 6.18. The molecule has 1 aliphatic rings. The van der Waals surface area contributed by atoms with Crippen molar-refractivity contribution in [2.24, 2.45) is 0 Å². The monoisotopic (exact) mass is 408 g/mol. The van der Waals surface area contributed by atoms with Crippen LogP contribution in [0.2, 0.25) is 0 Å². The molecule has 1 aliphatic heterocycles. The Bertz CT molecular complexity index is 1000. The van der Waals surface area contributed by atoms with Crippen LogP contribution in [0.5, 0.6) is 0 Å². The number of halogens is 2. The molecule has 9 heteroatoms. The van der Waals surface area contributed by atoms with Gasteiger partial charge in [-0.05, 0) is 30.3 Å². The van der Waals surface area contributed by atoms with Crippen LogP contribution in [0.15, 0.2) is 53.4 Å². The fourth-order valence-corrected chi connectivity index (χ4v) is 4.16. The van der Waals surface area contributed by atoms with Crippen LogP contribution in [0.3, 0.4) is 0 Å². The number of nitrogens with zero attached hydrogens (tertiary/aromatic N) is 1. The lowest BCUT2D eigenvalue weighted by Crippen LogP contribution is -2.40. The Morgan fingerprint density at radius 1 is 1.07 bits per heavy atom. The first-order chi connectivity index (χ1) is 13.4. The van der Waals surface area contributed by atoms with Crippen LogP contribution in [-0.4, -0.2) is 44.9 Å². The predicted octanol–water partition coefficient (Wildman–Crippen LogP) is 2.64. The summed E-state index contributed by atoms with van der Waals surface area (Å²) >= 11 is 0. The van der Waals surface area contributed by atoms with E-state index in [9.17, 15) is 22.0 Å². The van der Waals surface area contributed by atoms with Gasteiger partial charge >= 0.3 is 0 Å². The van der Waals surface area contributed by atoms with Crippen molar-refractivity contribution >= 4 is 27.7 Å². The van der Waals surface area contributed by atoms with Gasteiger partial charge in [0.15, 0.2) is 0 Å². The highest BCUT2D eigenvalue weighted by Crippen LogP contribution is 2.24. The molecule has 0 aliphatic carbocycles. The van der Waals surface area contributed by atoms with E-state index >= 15 is 0 Å². The third-order valence-corrected chi connectivity index (χ3v) is 6.02. The van der Waals surface area contributed by atoms with Crippen molar-refractivity contribution in [3.05, 3.63) is 65.7 Å². The van der Waals surface area contributed by atoms with Crippen LogP contribution < -0.4 is 5.32 Å². The molecule has 2 aromatic rings. The number of sulfonamides is 1. The second-order valence-electron chi connectivity index (χ2n) is 6.01. The normalized spacial score (nSPS) is 15.6. The molecule has 2 aromatic carbocycles. The summed E-state index contributed by atoms with van der Waals surface area (Å²) in [6.07, 6.45) is 2.40. The summed E-state index contributed by atoms with van der Waals surface area (Å²) in [4.78, 5) is 11.5. The number of carbonyl (C=O) groups is 1. The molecule has 1 fully saturated rings. The van der Waals surface area contributed by atoms with E-state index in [4.69, 9.17) is 4.74 Å². The van der Waals surface area contributed by atoms with Crippen LogP contribution in [0.25, 0.3) is 6.08 Å². The average Bonchev–Trinajstić information content (AvgIpc) is 2.69. The first-order valence-corrected chi connectivity index (χ1v) is 9.93. The largest absolute Gasteiger partial charge is 0.379 e. The molecule has 1 N–H and O–H groups in total. The Balaban J connectivity index is 1.77. The van der Waals surface area contributed by atoms with Crippen LogP contribution in [0, 0.1) is 11.6 Å². The number of anilines is 1. The molecular formula is C19H18F2N2O4S. The number of morpholine rings is 1. The van der Waals surface area contributed by atoms with Crippen LogP contribution in [0.1, 0.15) is 5.56 Å². The van der Waals surface area contributed by atoms with E-state index in [1.807, 2.05) is 0 Å². The summed E-state index contributed by atoms with van der Waals surface area (Å²) in [5.41, 5.74) is 0.337. The molecule has 0 bridgehead atoms. The molecule has 0 atom stereocenters. The predicted molar refractivity (Wildman–Crippen MR) is 100 cm³/mol. The standard InChI is InChI=1S/C19H18F2N2O4S/c20-16-4-2-1-3-14(16)5-8-19(24)22-15-6-7-17(21)18(13-15)28(25,26)23-9-11-27-12-10-23/h1-8,13H,9-12H2,(H,22,24)/b8-5+. The number of carbonyl (C=O) groups excluding carboxylic acids is 1. The second kappa shape index (κ2) is 8.59. The highest BCUT2D eigenvalue weighted by molar-refractivity contribution is 7.89. The highest BCUT2D eigenvalue weighted by atomic mass is 32.2. The van der Waals surface area contributed by atoms with Crippen LogP contribution >= 0.6 is 0 Å². The summed E-state index contributed by atoms with van der Waals surface area (Å²) in [5.74, 6) is -2.00. The van der Waals surface area contributed by atoms with Gasteiger partial charge in [-0.15, -0.1) is 0 Å². The topological polar surface area (TPSA) is 75.7 Å². The number of hydrogen-bond donors (Lipinski definition) is 1. The number of amides is 1. The van der Waals surface area contributed by atoms with Gasteiger partial charge in [-0.1, -0.05) is 18.2 Å². The molecule has 28 heavy (non-hydrogen) atoms. The van der Waals surface area contributed by atoms with Crippen LogP contribution in [0.4, 0.5) is 14.5 Å². The van der Waals surface area contributed by atoms with Gasteiger partial charge in [-0.2, -0.15) is 4.31 Å². The molecule has 0 spiro atoms. The third kappa shape index (κ3) is 4.61. The first-order valence-electron chi connectivity index (χ1n) is 8.49. The molecule has 1 heterocycles. The fraction of sp³-hybridized carbons (Fsp3) is 0.211. The van der Waals surface area contributed by atoms with Crippen molar-refractivity contribution in [3.63, 3.8) is 0 Å². The van der Waals surface area contributed by atoms with E-state index in [0.717, 1.165) is 22.5 Å². The van der Waals surface area contributed by atoms with Gasteiger partial charge in [0.2, 0.25) is 15.9 Å². The summed E-state index contributed by atoms with van der Waals surface area (Å²) in [7, 11) is -4.05. The molecule has 3 rings (SSSR count). The molecule has 6 nitrogen and oxygen atoms in total. The SMILES string of the molecule is O=C(/C=C/c1ccccc1F)Nc1ccc(F)c(S(=O)(=O)N2CCOCC2)c1. The summed E-state index contributed by atoms with van der Waals surface area (Å²) in [5, 5.41) is 2.45. The molecule has 0 saturated carbocycles. The van der Waals surface area contributed by atoms with Gasteiger partial charge in [-0.25, -0.2) is 17.2 Å². The van der Waals surface area contributed by atoms with Crippen molar-refractivity contribution in [2.75, 3.05) is 31.6 Å². The van der Waals surface area contributed by atoms with E-state index in [-0.39, 0.29) is 37.6 Å². The van der Waals surface area contributed by atoms with Crippen LogP contribution in [-0.2, 0) is 19.6 Å². The summed E-state index contributed by atoms with van der Waals surface area (Å²) in [6.45, 7) is 0.726. The average molecular weight is 408 g/mol. The van der Waals surface area contributed by atoms with E-state index in [1.165, 1.54) is 30.3 Å². The van der Waals surface area contributed by atoms with E-state index in [1.54, 1.807) is 6.07 Å². The van der Waals surface area contributed by atoms with Gasteiger partial charge in [0.05, 0.1) is 13.2 Å². The number of rotatable bonds is 5. The molecule has 1 amide bonds. The Hall–Kier alpha value is -2.62. The van der Waals surface area contributed by atoms with E-state index in [0.29, 0.717) is 0 Å². The van der Waals surface area contributed by atoms with E-state index in [2.05, 4.69) is 5.32 Å². The lowest BCUT2D eigenvalue weighted by molar-refractivity contribution is -0.111. The molecule has 1 saturated heterocycles. The van der Waals surface area contributed by atoms with Crippen molar-refractivity contribution < 1.29 is 26.7 Å². The quantitative estimate of drug-likeness (QED) is 0.772. The zero-order valence-corrected chi connectivity index (χ0v) is 15.6. The lowest BCUT2D eigenvalue weighted by Gasteiger charge is -2.26. The number of ether oxygens (including phenoxy) is 1. The maximum absolute atomic E-state index is 14.2. The third-order valence-electron chi connectivity index (χ3n) is 4.11. The Morgan fingerprint density at radius 2 is 1.79 bits per heavy atom. The van der Waals surface area contributed by atoms with Gasteiger partial charge in [0.25, 0.3) is 0 Å². The van der Waals surface area contributed by atoms with E-state index < -0.39 is 32.5 Å². The summed E-state index contributed by atoms with van der Waals surface area (Å²) in [6, 6.07) is 9.22. The van der Waals surface area contributed by atoms with Gasteiger partial charge < -0.3 is 10.1 Å². The first kappa shape index (κ1) is 20.1. The molecule has 0 radical (unpaired) electrons. The fourth-order valence-electron chi connectivity index (χ4n) is 2.66. The minimum atomic E-state index is -4.05. The van der Waals surface area contributed by atoms with Crippen molar-refractivity contribution in [3.8, 4) is 0 Å². The maximum Gasteiger partial charge on any atom is 0.248 e. The second-order valence-corrected chi connectivity index (χ2v) is 7.91. The number of hydrogen-bond acceptors (Lipinski definition) is 4. The zero-order chi connectivity index (χ0) is 20.1.